The van der Waals surface area contributed by atoms with Gasteiger partial charge in [-0.2, -0.15) is 0 Å². The molecule has 0 amide bonds. The summed E-state index contributed by atoms with van der Waals surface area (Å²) in [6, 6.07) is 5.12. The summed E-state index contributed by atoms with van der Waals surface area (Å²) in [6.45, 7) is 5.12. The Bertz CT molecular complexity index is 401. The van der Waals surface area contributed by atoms with Gasteiger partial charge in [-0.15, -0.1) is 0 Å². The van der Waals surface area contributed by atoms with Gasteiger partial charge in [0.05, 0.1) is 0 Å². The van der Waals surface area contributed by atoms with E-state index in [0.29, 0.717) is 11.6 Å². The number of phenols is 1. The largest absolute Gasteiger partial charge is 0.508 e. The van der Waals surface area contributed by atoms with Gasteiger partial charge in [0.15, 0.2) is 0 Å². The van der Waals surface area contributed by atoms with E-state index in [1.165, 1.54) is 31.7 Å². The molecule has 0 spiro atoms. The molecule has 1 aromatic rings. The molecule has 0 heterocycles. The number of rotatable bonds is 4. The average molecular weight is 251 g/mol. The Morgan fingerprint density at radius 3 is 2.61 bits per heavy atom. The van der Waals surface area contributed by atoms with E-state index in [1.54, 1.807) is 12.1 Å². The molecule has 1 fully saturated rings. The standard InChI is InChI=1S/C15H22FNO/c1-3-17(12-6-4-5-7-12)11(2)14-9-8-13(18)10-15(14)16/h8-12,18H,3-7H2,1-2H3. The molecular weight excluding hydrogens is 229 g/mol. The number of halogens is 1. The summed E-state index contributed by atoms with van der Waals surface area (Å²) in [6.07, 6.45) is 5.01. The molecule has 1 aliphatic rings. The third kappa shape index (κ3) is 2.66. The molecule has 1 unspecified atom stereocenters. The van der Waals surface area contributed by atoms with E-state index in [1.807, 2.05) is 0 Å². The van der Waals surface area contributed by atoms with Crippen LogP contribution in [0, 0.1) is 5.82 Å². The minimum absolute atomic E-state index is 0.00707. The van der Waals surface area contributed by atoms with Crippen molar-refractivity contribution >= 4 is 0 Å². The van der Waals surface area contributed by atoms with Gasteiger partial charge in [0.2, 0.25) is 0 Å². The average Bonchev–Trinajstić information content (AvgIpc) is 2.83. The van der Waals surface area contributed by atoms with Crippen LogP contribution in [-0.4, -0.2) is 22.6 Å². The van der Waals surface area contributed by atoms with Crippen LogP contribution in [0.3, 0.4) is 0 Å². The molecule has 2 nitrogen and oxygen atoms in total. The van der Waals surface area contributed by atoms with Gasteiger partial charge in [0, 0.05) is 23.7 Å². The van der Waals surface area contributed by atoms with Crippen LogP contribution in [0.1, 0.15) is 51.1 Å². The minimum Gasteiger partial charge on any atom is -0.508 e. The molecule has 100 valence electrons. The monoisotopic (exact) mass is 251 g/mol. The first-order chi connectivity index (χ1) is 8.63. The van der Waals surface area contributed by atoms with Crippen molar-refractivity contribution in [3.63, 3.8) is 0 Å². The number of benzene rings is 1. The van der Waals surface area contributed by atoms with Crippen molar-refractivity contribution in [2.75, 3.05) is 6.54 Å². The topological polar surface area (TPSA) is 23.5 Å². The summed E-state index contributed by atoms with van der Waals surface area (Å²) in [5, 5.41) is 9.27. The van der Waals surface area contributed by atoms with E-state index in [0.717, 1.165) is 6.54 Å². The highest BCUT2D eigenvalue weighted by molar-refractivity contribution is 5.29. The van der Waals surface area contributed by atoms with Gasteiger partial charge in [-0.3, -0.25) is 4.90 Å². The summed E-state index contributed by atoms with van der Waals surface area (Å²) in [4.78, 5) is 2.38. The van der Waals surface area contributed by atoms with Gasteiger partial charge in [-0.05, 0) is 32.4 Å². The van der Waals surface area contributed by atoms with Crippen molar-refractivity contribution in [3.8, 4) is 5.75 Å². The highest BCUT2D eigenvalue weighted by Gasteiger charge is 2.27. The maximum atomic E-state index is 13.9. The lowest BCUT2D eigenvalue weighted by Crippen LogP contribution is -2.35. The normalized spacial score (nSPS) is 18.4. The Hall–Kier alpha value is -1.09. The summed E-state index contributed by atoms with van der Waals surface area (Å²) >= 11 is 0. The second kappa shape index (κ2) is 5.70. The zero-order valence-corrected chi connectivity index (χ0v) is 11.2. The van der Waals surface area contributed by atoms with E-state index in [4.69, 9.17) is 0 Å². The molecule has 3 heteroatoms. The maximum absolute atomic E-state index is 13.9. The third-order valence-electron chi connectivity index (χ3n) is 4.09. The molecule has 0 aromatic heterocycles. The molecule has 0 bridgehead atoms. The SMILES string of the molecule is CCN(C1CCCC1)C(C)c1ccc(O)cc1F. The molecule has 1 saturated carbocycles. The predicted octanol–water partition coefficient (Wildman–Crippen LogP) is 3.86. The Morgan fingerprint density at radius 2 is 2.06 bits per heavy atom. The summed E-state index contributed by atoms with van der Waals surface area (Å²) < 4.78 is 13.9. The number of aromatic hydroxyl groups is 1. The number of hydrogen-bond acceptors (Lipinski definition) is 2. The lowest BCUT2D eigenvalue weighted by Gasteiger charge is -2.34. The minimum atomic E-state index is -0.307. The third-order valence-corrected chi connectivity index (χ3v) is 4.09. The van der Waals surface area contributed by atoms with Gasteiger partial charge >= 0.3 is 0 Å². The quantitative estimate of drug-likeness (QED) is 0.878. The van der Waals surface area contributed by atoms with E-state index in [-0.39, 0.29) is 17.6 Å². The van der Waals surface area contributed by atoms with Gasteiger partial charge in [0.25, 0.3) is 0 Å². The van der Waals surface area contributed by atoms with Crippen LogP contribution in [0.5, 0.6) is 5.75 Å². The second-order valence-electron chi connectivity index (χ2n) is 5.15. The van der Waals surface area contributed by atoms with Crippen LogP contribution < -0.4 is 0 Å². The molecule has 2 rings (SSSR count). The van der Waals surface area contributed by atoms with E-state index >= 15 is 0 Å². The van der Waals surface area contributed by atoms with E-state index in [9.17, 15) is 9.50 Å². The van der Waals surface area contributed by atoms with Crippen LogP contribution in [0.15, 0.2) is 18.2 Å². The molecule has 1 atom stereocenters. The molecule has 1 aromatic carbocycles. The zero-order valence-electron chi connectivity index (χ0n) is 11.2. The first kappa shape index (κ1) is 13.3. The molecular formula is C15H22FNO. The Labute approximate surface area is 108 Å². The van der Waals surface area contributed by atoms with Crippen molar-refractivity contribution < 1.29 is 9.50 Å². The molecule has 0 radical (unpaired) electrons. The smallest absolute Gasteiger partial charge is 0.131 e. The van der Waals surface area contributed by atoms with Gasteiger partial charge in [-0.1, -0.05) is 25.8 Å². The molecule has 18 heavy (non-hydrogen) atoms. The second-order valence-corrected chi connectivity index (χ2v) is 5.15. The van der Waals surface area contributed by atoms with E-state index < -0.39 is 0 Å². The van der Waals surface area contributed by atoms with Gasteiger partial charge in [-0.25, -0.2) is 4.39 Å². The lowest BCUT2D eigenvalue weighted by atomic mass is 10.0. The van der Waals surface area contributed by atoms with Gasteiger partial charge < -0.3 is 5.11 Å². The molecule has 0 aliphatic heterocycles. The number of nitrogens with zero attached hydrogens (tertiary/aromatic N) is 1. The number of phenolic OH excluding ortho intramolecular Hbond substituents is 1. The van der Waals surface area contributed by atoms with Crippen molar-refractivity contribution in [2.45, 2.75) is 51.6 Å². The highest BCUT2D eigenvalue weighted by atomic mass is 19.1. The summed E-state index contributed by atoms with van der Waals surface area (Å²) in [5.74, 6) is -0.314. The zero-order chi connectivity index (χ0) is 13.1. The maximum Gasteiger partial charge on any atom is 0.131 e. The molecule has 0 saturated heterocycles. The Kier molecular flexibility index (Phi) is 4.23. The Morgan fingerprint density at radius 1 is 1.39 bits per heavy atom. The summed E-state index contributed by atoms with van der Waals surface area (Å²) in [7, 11) is 0. The van der Waals surface area contributed by atoms with Crippen LogP contribution in [0.25, 0.3) is 0 Å². The highest BCUT2D eigenvalue weighted by Crippen LogP contribution is 2.32. The van der Waals surface area contributed by atoms with Crippen LogP contribution >= 0.6 is 0 Å². The lowest BCUT2D eigenvalue weighted by molar-refractivity contribution is 0.151. The van der Waals surface area contributed by atoms with E-state index in [2.05, 4.69) is 18.7 Å². The van der Waals surface area contributed by atoms with Crippen LogP contribution in [-0.2, 0) is 0 Å². The fourth-order valence-electron chi connectivity index (χ4n) is 3.12. The summed E-state index contributed by atoms with van der Waals surface area (Å²) in [5.41, 5.74) is 0.682. The Balaban J connectivity index is 2.19. The van der Waals surface area contributed by atoms with Crippen LogP contribution in [0.4, 0.5) is 4.39 Å². The fourth-order valence-corrected chi connectivity index (χ4v) is 3.12. The van der Waals surface area contributed by atoms with Gasteiger partial charge in [0.1, 0.15) is 11.6 Å². The van der Waals surface area contributed by atoms with Crippen molar-refractivity contribution in [1.82, 2.24) is 4.90 Å². The predicted molar refractivity (Wildman–Crippen MR) is 71.1 cm³/mol. The van der Waals surface area contributed by atoms with Crippen molar-refractivity contribution in [1.29, 1.82) is 0 Å². The number of hydrogen-bond donors (Lipinski definition) is 1. The first-order valence-electron chi connectivity index (χ1n) is 6.87. The van der Waals surface area contributed by atoms with Crippen molar-refractivity contribution in [3.05, 3.63) is 29.6 Å². The fraction of sp³-hybridized carbons (Fsp3) is 0.600. The van der Waals surface area contributed by atoms with Crippen molar-refractivity contribution in [2.24, 2.45) is 0 Å². The molecule has 1 N–H and O–H groups in total. The first-order valence-corrected chi connectivity index (χ1v) is 6.87. The van der Waals surface area contributed by atoms with Crippen LogP contribution in [0.2, 0.25) is 0 Å². The molecule has 1 aliphatic carbocycles.